The summed E-state index contributed by atoms with van der Waals surface area (Å²) in [7, 11) is 0. The van der Waals surface area contributed by atoms with Crippen LogP contribution in [0.25, 0.3) is 56.1 Å². The number of rotatable bonds is 12. The molecule has 8 aromatic heterocycles. The zero-order valence-corrected chi connectivity index (χ0v) is 35.5. The van der Waals surface area contributed by atoms with E-state index in [1.807, 2.05) is 58.3 Å². The zero-order valence-electron chi connectivity index (χ0n) is 35.5. The third-order valence-corrected chi connectivity index (χ3v) is 12.6. The molecular formula is C44H54N14O4. The molecule has 8 heterocycles. The minimum Gasteiger partial charge on any atom is -0.394 e. The minimum absolute atomic E-state index is 0.220. The topological polar surface area (TPSA) is 213 Å². The summed E-state index contributed by atoms with van der Waals surface area (Å²) >= 11 is 0. The van der Waals surface area contributed by atoms with E-state index in [-0.39, 0.29) is 37.1 Å². The first-order valence-electron chi connectivity index (χ1n) is 21.3. The normalized spacial score (nSPS) is 19.3. The molecule has 2 aliphatic rings. The summed E-state index contributed by atoms with van der Waals surface area (Å²) in [6, 6.07) is 4.68. The highest BCUT2D eigenvalue weighted by atomic mass is 16.3. The molecular weight excluding hydrogens is 789 g/mol. The molecule has 0 unspecified atom stereocenters. The van der Waals surface area contributed by atoms with E-state index in [1.54, 1.807) is 34.2 Å². The maximum atomic E-state index is 9.68. The van der Waals surface area contributed by atoms with E-state index in [0.29, 0.717) is 12.1 Å². The standard InChI is InChI=1S/2C22H27N7O2/c2*1-22(2)6-3-4-20(22)29-11-16(9-25-29)21-19-5-7-23-28(19)13-18(26-21)15-8-24-27(10-15)12-17(31)14-30/h2*5,7-11,13,17,20,30-31H,3-4,6,12,14H2,1-2H3/t17-,20+;17-,20-/m11/s1. The highest BCUT2D eigenvalue weighted by molar-refractivity contribution is 5.79. The first kappa shape index (κ1) is 41.3. The van der Waals surface area contributed by atoms with Crippen LogP contribution in [0.4, 0.5) is 0 Å². The molecule has 2 aliphatic carbocycles. The van der Waals surface area contributed by atoms with Crippen molar-refractivity contribution < 1.29 is 20.4 Å². The molecule has 0 aromatic carbocycles. The summed E-state index contributed by atoms with van der Waals surface area (Å²) in [6.07, 6.45) is 27.7. The van der Waals surface area contributed by atoms with Crippen LogP contribution < -0.4 is 0 Å². The van der Waals surface area contributed by atoms with E-state index < -0.39 is 12.2 Å². The Bertz CT molecular complexity index is 2600. The molecule has 0 aliphatic heterocycles. The van der Waals surface area contributed by atoms with Gasteiger partial charge in [-0.25, -0.2) is 19.0 Å². The molecule has 0 spiro atoms. The zero-order chi connectivity index (χ0) is 43.2. The molecule has 0 amide bonds. The number of hydrogen-bond acceptors (Lipinski definition) is 12. The molecule has 0 radical (unpaired) electrons. The van der Waals surface area contributed by atoms with Gasteiger partial charge in [-0.05, 0) is 48.6 Å². The van der Waals surface area contributed by atoms with E-state index in [0.717, 1.165) is 68.9 Å². The summed E-state index contributed by atoms with van der Waals surface area (Å²) < 4.78 is 11.0. The number of fused-ring (bicyclic) bond motifs is 2. The summed E-state index contributed by atoms with van der Waals surface area (Å²) in [4.78, 5) is 9.85. The third kappa shape index (κ3) is 8.17. The van der Waals surface area contributed by atoms with E-state index in [9.17, 15) is 10.2 Å². The molecule has 4 atom stereocenters. The maximum Gasteiger partial charge on any atom is 0.0999 e. The van der Waals surface area contributed by atoms with Crippen molar-refractivity contribution in [3.8, 4) is 45.0 Å². The first-order chi connectivity index (χ1) is 29.9. The Balaban J connectivity index is 0.000000158. The van der Waals surface area contributed by atoms with Gasteiger partial charge in [0, 0.05) is 47.0 Å². The van der Waals surface area contributed by atoms with Crippen molar-refractivity contribution in [3.63, 3.8) is 0 Å². The van der Waals surface area contributed by atoms with Crippen molar-refractivity contribution in [1.82, 2.24) is 68.3 Å². The second-order valence-corrected chi connectivity index (χ2v) is 18.1. The quantitative estimate of drug-likeness (QED) is 0.126. The number of aliphatic hydroxyl groups excluding tert-OH is 4. The van der Waals surface area contributed by atoms with Crippen molar-refractivity contribution in [2.24, 2.45) is 10.8 Å². The summed E-state index contributed by atoms with van der Waals surface area (Å²) in [5.41, 5.74) is 8.93. The van der Waals surface area contributed by atoms with E-state index >= 15 is 0 Å². The van der Waals surface area contributed by atoms with Gasteiger partial charge in [-0.15, -0.1) is 0 Å². The predicted molar refractivity (Wildman–Crippen MR) is 230 cm³/mol. The summed E-state index contributed by atoms with van der Waals surface area (Å²) in [5.74, 6) is 0. The van der Waals surface area contributed by atoms with Crippen LogP contribution in [0.3, 0.4) is 0 Å². The maximum absolute atomic E-state index is 9.68. The number of aliphatic hydroxyl groups is 4. The molecule has 62 heavy (non-hydrogen) atoms. The second kappa shape index (κ2) is 16.7. The van der Waals surface area contributed by atoms with Gasteiger partial charge in [0.15, 0.2) is 0 Å². The van der Waals surface area contributed by atoms with Crippen LogP contribution in [0.15, 0.2) is 86.5 Å². The van der Waals surface area contributed by atoms with Gasteiger partial charge < -0.3 is 20.4 Å². The largest absolute Gasteiger partial charge is 0.394 e. The lowest BCUT2D eigenvalue weighted by molar-refractivity contribution is 0.0782. The smallest absolute Gasteiger partial charge is 0.0999 e. The van der Waals surface area contributed by atoms with Crippen LogP contribution in [0.1, 0.15) is 78.3 Å². The molecule has 8 aromatic rings. The van der Waals surface area contributed by atoms with Crippen LogP contribution >= 0.6 is 0 Å². The Kier molecular flexibility index (Phi) is 11.1. The van der Waals surface area contributed by atoms with Crippen LogP contribution in [-0.2, 0) is 13.1 Å². The lowest BCUT2D eigenvalue weighted by atomic mass is 9.87. The van der Waals surface area contributed by atoms with E-state index in [4.69, 9.17) is 20.2 Å². The fourth-order valence-electron chi connectivity index (χ4n) is 9.15. The van der Waals surface area contributed by atoms with Crippen LogP contribution in [-0.4, -0.2) is 114 Å². The average molecular weight is 843 g/mol. The van der Waals surface area contributed by atoms with Gasteiger partial charge >= 0.3 is 0 Å². The molecule has 4 N–H and O–H groups in total. The van der Waals surface area contributed by atoms with Crippen LogP contribution in [0, 0.1) is 10.8 Å². The predicted octanol–water partition coefficient (Wildman–Crippen LogP) is 5.12. The molecule has 324 valence electrons. The highest BCUT2D eigenvalue weighted by Crippen LogP contribution is 2.47. The van der Waals surface area contributed by atoms with Crippen molar-refractivity contribution >= 4 is 11.0 Å². The summed E-state index contributed by atoms with van der Waals surface area (Å²) in [5, 5.41) is 64.3. The van der Waals surface area contributed by atoms with Gasteiger partial charge in [-0.1, -0.05) is 40.5 Å². The SMILES string of the molecule is CC1(C)CCC[C@@H]1n1cc(-c2nc(-c3cnn(C[C@@H](O)CO)c3)cn3nccc23)cn1.CC1(C)CCC[C@H]1n1cc(-c2nc(-c3cnn(C[C@@H](O)CO)c3)cn3nccc23)cn1. The Morgan fingerprint density at radius 1 is 0.565 bits per heavy atom. The van der Waals surface area contributed by atoms with Gasteiger partial charge in [-0.2, -0.15) is 30.6 Å². The molecule has 2 fully saturated rings. The monoisotopic (exact) mass is 842 g/mol. The van der Waals surface area contributed by atoms with Crippen molar-refractivity contribution in [2.75, 3.05) is 13.2 Å². The van der Waals surface area contributed by atoms with Crippen molar-refractivity contribution in [3.05, 3.63) is 86.5 Å². The fourth-order valence-corrected chi connectivity index (χ4v) is 9.15. The molecule has 10 rings (SSSR count). The van der Waals surface area contributed by atoms with Gasteiger partial charge in [0.05, 0.1) is 134 Å². The lowest BCUT2D eigenvalue weighted by Crippen LogP contribution is -2.21. The Labute approximate surface area is 358 Å². The number of hydrogen-bond donors (Lipinski definition) is 4. The van der Waals surface area contributed by atoms with Gasteiger partial charge in [0.2, 0.25) is 0 Å². The summed E-state index contributed by atoms with van der Waals surface area (Å²) in [6.45, 7) is 9.07. The van der Waals surface area contributed by atoms with Crippen LogP contribution in [0.2, 0.25) is 0 Å². The third-order valence-electron chi connectivity index (χ3n) is 12.6. The molecule has 0 saturated heterocycles. The second-order valence-electron chi connectivity index (χ2n) is 18.1. The Morgan fingerprint density at radius 3 is 1.37 bits per heavy atom. The average Bonchev–Trinajstić information content (AvgIpc) is 4.11. The lowest BCUT2D eigenvalue weighted by Gasteiger charge is -2.27. The molecule has 0 bridgehead atoms. The Morgan fingerprint density at radius 2 is 0.984 bits per heavy atom. The number of aromatic nitrogens is 14. The van der Waals surface area contributed by atoms with Gasteiger partial charge in [0.25, 0.3) is 0 Å². The van der Waals surface area contributed by atoms with Gasteiger partial charge in [-0.3, -0.25) is 18.7 Å². The first-order valence-corrected chi connectivity index (χ1v) is 21.3. The number of nitrogens with zero attached hydrogens (tertiary/aromatic N) is 14. The molecule has 2 saturated carbocycles. The van der Waals surface area contributed by atoms with Crippen molar-refractivity contribution in [1.29, 1.82) is 0 Å². The van der Waals surface area contributed by atoms with Crippen LogP contribution in [0.5, 0.6) is 0 Å². The fraction of sp³-hybridized carbons (Fsp3) is 0.455. The highest BCUT2D eigenvalue weighted by Gasteiger charge is 2.37. The molecule has 18 nitrogen and oxygen atoms in total. The van der Waals surface area contributed by atoms with E-state index in [1.165, 1.54) is 25.7 Å². The van der Waals surface area contributed by atoms with Gasteiger partial charge in [0.1, 0.15) is 0 Å². The Hall–Kier alpha value is -6.08. The van der Waals surface area contributed by atoms with E-state index in [2.05, 4.69) is 80.0 Å². The van der Waals surface area contributed by atoms with Crippen molar-refractivity contribution in [2.45, 2.75) is 104 Å². The minimum atomic E-state index is -0.851. The molecule has 18 heteroatoms.